The van der Waals surface area contributed by atoms with Crippen molar-refractivity contribution in [1.29, 1.82) is 0 Å². The maximum Gasteiger partial charge on any atom is 0.367 e. The Hall–Kier alpha value is -1.10. The summed E-state index contributed by atoms with van der Waals surface area (Å²) in [4.78, 5) is 43.0. The summed E-state index contributed by atoms with van der Waals surface area (Å²) < 4.78 is 26.6. The van der Waals surface area contributed by atoms with Gasteiger partial charge in [0.05, 0.1) is 29.8 Å². The number of hydrogen-bond donors (Lipinski definition) is 4. The number of fused-ring (bicyclic) bond motifs is 5. The summed E-state index contributed by atoms with van der Waals surface area (Å²) in [5.74, 6) is -4.13. The fourth-order valence-electron chi connectivity index (χ4n) is 9.46. The van der Waals surface area contributed by atoms with E-state index in [4.69, 9.17) is 18.9 Å². The molecule has 0 amide bonds. The number of nitrogens with zero attached hydrogens (tertiary/aromatic N) is 1. The molecule has 294 valence electrons. The smallest absolute Gasteiger partial charge is 0.367 e. The predicted octanol–water partition coefficient (Wildman–Crippen LogP) is 3.20. The third kappa shape index (κ3) is 7.39. The molecule has 56 heavy (non-hydrogen) atoms. The summed E-state index contributed by atoms with van der Waals surface area (Å²) in [7, 11) is 1.77. The Labute approximate surface area is 402 Å². The number of carbonyl (C=O) groups excluding carboxylic acids is 3. The summed E-state index contributed by atoms with van der Waals surface area (Å²) in [6, 6.07) is 15.9. The first-order chi connectivity index (χ1) is 25.5. The summed E-state index contributed by atoms with van der Waals surface area (Å²) >= 11 is 1.27. The summed E-state index contributed by atoms with van der Waals surface area (Å²) in [5.41, 5.74) is -5.96. The molecular weight excluding hydrogens is 1170 g/mol. The molecule has 3 heterocycles. The zero-order valence-electron chi connectivity index (χ0n) is 32.3. The van der Waals surface area contributed by atoms with E-state index in [2.05, 4.69) is 0 Å². The molecule has 3 aliphatic carbocycles. The molecule has 1 aromatic carbocycles. The van der Waals surface area contributed by atoms with E-state index in [1.807, 2.05) is 12.1 Å². The second-order valence-electron chi connectivity index (χ2n) is 16.1. The Balaban J connectivity index is 0.00000300. The third-order valence-corrected chi connectivity index (χ3v) is 13.6. The van der Waals surface area contributed by atoms with Crippen molar-refractivity contribution >= 4 is 29.1 Å². The average molecular weight is 1220 g/mol. The van der Waals surface area contributed by atoms with E-state index in [-0.39, 0.29) is 119 Å². The van der Waals surface area contributed by atoms with Crippen molar-refractivity contribution in [3.63, 3.8) is 0 Å². The molecule has 1 saturated heterocycles. The van der Waals surface area contributed by atoms with Crippen LogP contribution in [0.1, 0.15) is 69.3 Å². The van der Waals surface area contributed by atoms with Crippen molar-refractivity contribution in [3.05, 3.63) is 93.8 Å². The van der Waals surface area contributed by atoms with Gasteiger partial charge in [-0.1, -0.05) is 51.1 Å². The number of Topliss-reactive ketones (excluding diaryl/α,β-unsaturated/α-hetero) is 1. The van der Waals surface area contributed by atoms with E-state index in [0.717, 1.165) is 0 Å². The van der Waals surface area contributed by atoms with Crippen LogP contribution in [0.3, 0.4) is 0 Å². The Morgan fingerprint density at radius 2 is 1.70 bits per heavy atom. The Morgan fingerprint density at radius 1 is 1.02 bits per heavy atom. The van der Waals surface area contributed by atoms with Crippen molar-refractivity contribution in [3.8, 4) is 5.88 Å². The van der Waals surface area contributed by atoms with Gasteiger partial charge in [0.25, 0.3) is 0 Å². The first kappa shape index (κ1) is 46.0. The molecule has 2 radical (unpaired) electrons. The minimum absolute atomic E-state index is 0. The summed E-state index contributed by atoms with van der Waals surface area (Å²) in [5, 5.41) is 52.8. The van der Waals surface area contributed by atoms with E-state index in [9.17, 15) is 30.0 Å². The number of aliphatic hydroxyl groups excluding tert-OH is 2. The number of hydrogen-bond acceptors (Lipinski definition) is 12. The molecule has 15 heteroatoms. The average Bonchev–Trinajstić information content (AvgIpc) is 3.69. The van der Waals surface area contributed by atoms with Crippen LogP contribution in [0.2, 0.25) is 0 Å². The molecule has 2 saturated carbocycles. The number of carbonyl (C=O) groups is 3. The van der Waals surface area contributed by atoms with Crippen LogP contribution in [-0.2, 0) is 30.8 Å². The Kier molecular flexibility index (Phi) is 14.0. The van der Waals surface area contributed by atoms with Crippen molar-refractivity contribution in [2.45, 2.75) is 101 Å². The topological polar surface area (TPSA) is 173 Å². The largest absolute Gasteiger partial charge is 0.456 e. The van der Waals surface area contributed by atoms with E-state index >= 15 is 4.79 Å². The Morgan fingerprint density at radius 3 is 2.30 bits per heavy atom. The van der Waals surface area contributed by atoms with Crippen LogP contribution in [0.4, 0.5) is 0 Å². The van der Waals surface area contributed by atoms with Crippen LogP contribution < -0.4 is 9.30 Å². The minimum atomic E-state index is -2.18. The molecule has 11 atom stereocenters. The maximum absolute atomic E-state index is 15.2. The van der Waals surface area contributed by atoms with Gasteiger partial charge >= 0.3 is 17.8 Å². The number of thiophene rings is 1. The fourth-order valence-corrected chi connectivity index (χ4v) is 10.1. The Bertz CT molecular complexity index is 1980. The monoisotopic (exact) mass is 1220 g/mol. The van der Waals surface area contributed by atoms with Gasteiger partial charge in [-0.25, -0.2) is 9.59 Å². The molecule has 3 fully saturated rings. The van der Waals surface area contributed by atoms with Gasteiger partial charge in [-0.05, 0) is 48.1 Å². The van der Waals surface area contributed by atoms with Crippen LogP contribution in [0.25, 0.3) is 0 Å². The molecule has 1 aliphatic heterocycles. The number of aliphatic hydroxyl groups is 4. The van der Waals surface area contributed by atoms with Gasteiger partial charge in [0, 0.05) is 130 Å². The molecule has 4 N–H and O–H groups in total. The molecule has 4 aliphatic rings. The molecule has 7 rings (SSSR count). The number of benzene rings is 1. The molecule has 12 nitrogen and oxygen atoms in total. The van der Waals surface area contributed by atoms with Gasteiger partial charge in [0.15, 0.2) is 18.1 Å². The number of aryl methyl sites for hydroxylation is 1. The first-order valence-corrected chi connectivity index (χ1v) is 19.2. The third-order valence-electron chi connectivity index (χ3n) is 12.9. The van der Waals surface area contributed by atoms with Crippen LogP contribution in [-0.4, -0.2) is 92.6 Å². The van der Waals surface area contributed by atoms with E-state index in [1.54, 1.807) is 106 Å². The maximum atomic E-state index is 15.2. The quantitative estimate of drug-likeness (QED) is 0.148. The predicted molar refractivity (Wildman–Crippen MR) is 194 cm³/mol. The standard InChI is InChI=1S/C41H48NO11S.2Ac/c1-22(24-12-8-7-9-13-24)31(43)37(47)51-26-19-41(49)35(53-36(46)25-15-17-54-20-25)33-39(5,34(45)32(44)30(23(26)2)38(41,3)4)27(18-28-40(33,48)21-50-28)52-29-14-10-11-16-42(29)6;;/h7-17,20,22,26-28,31-33,35,43-44,48-49H,18-19,21H2,1-6H3;;/q+1;;/t22-,26?,27?,28?,31?,32?,33?,35?,39+,40?,41?;;/m0../s1. The molecular formula is C41H48Ac2NO11S+. The zero-order valence-corrected chi connectivity index (χ0v) is 42.6. The minimum Gasteiger partial charge on any atom is -0.456 e. The second-order valence-corrected chi connectivity index (χ2v) is 16.8. The second kappa shape index (κ2) is 17.1. The number of ketones is 1. The van der Waals surface area contributed by atoms with Crippen LogP contribution in [0.5, 0.6) is 5.88 Å². The van der Waals surface area contributed by atoms with E-state index < -0.39 is 88.2 Å². The molecule has 2 aromatic heterocycles. The van der Waals surface area contributed by atoms with E-state index in [1.165, 1.54) is 11.3 Å². The SMILES string of the molecule is CC1=C2C(O)C(=O)[C@]3(C)C(Oc4cccc[n+]4C)CC4OCC4(O)C3C(OC(=O)c3ccsc3)C(O)(CC1OC(=O)C(O)[C@@H](C)c1ccccc1)C2(C)C.[Ac].[Ac]. The molecule has 9 unspecified atom stereocenters. The van der Waals surface area contributed by atoms with Crippen LogP contribution in [0, 0.1) is 105 Å². The summed E-state index contributed by atoms with van der Waals surface area (Å²) in [6.07, 6.45) is -6.78. The van der Waals surface area contributed by atoms with Gasteiger partial charge in [0.1, 0.15) is 42.7 Å². The van der Waals surface area contributed by atoms with E-state index in [0.29, 0.717) is 17.0 Å². The van der Waals surface area contributed by atoms with Crippen molar-refractivity contribution in [2.75, 3.05) is 6.61 Å². The first-order valence-electron chi connectivity index (χ1n) is 18.2. The fraction of sp³-hybridized carbons (Fsp3) is 0.512. The molecule has 3 aromatic rings. The van der Waals surface area contributed by atoms with Gasteiger partial charge in [-0.15, -0.1) is 0 Å². The van der Waals surface area contributed by atoms with Gasteiger partial charge in [-0.3, -0.25) is 4.79 Å². The molecule has 2 bridgehead atoms. The zero-order chi connectivity index (χ0) is 39.0. The van der Waals surface area contributed by atoms with Gasteiger partial charge in [0.2, 0.25) is 0 Å². The normalized spacial score (nSPS) is 34.0. The van der Waals surface area contributed by atoms with Crippen molar-refractivity contribution < 1.29 is 146 Å². The number of pyridine rings is 1. The van der Waals surface area contributed by atoms with Crippen LogP contribution >= 0.6 is 11.3 Å². The van der Waals surface area contributed by atoms with Gasteiger partial charge < -0.3 is 39.4 Å². The number of esters is 2. The number of rotatable bonds is 8. The van der Waals surface area contributed by atoms with Gasteiger partial charge in [-0.2, -0.15) is 15.9 Å². The van der Waals surface area contributed by atoms with Crippen molar-refractivity contribution in [1.82, 2.24) is 0 Å². The molecule has 0 spiro atoms. The summed E-state index contributed by atoms with van der Waals surface area (Å²) in [6.45, 7) is 7.93. The van der Waals surface area contributed by atoms with Crippen LogP contribution in [0.15, 0.2) is 82.7 Å². The number of ether oxygens (including phenoxy) is 4. The number of aromatic nitrogens is 1. The van der Waals surface area contributed by atoms with Crippen molar-refractivity contribution in [2.24, 2.45) is 23.8 Å².